The third-order valence-electron chi connectivity index (χ3n) is 2.68. The molecule has 1 fully saturated rings. The SMILES string of the molecule is O=C(O)/C(=C/C1CCOC1)c1ccccc1. The van der Waals surface area contributed by atoms with Crippen molar-refractivity contribution in [1.29, 1.82) is 0 Å². The second-order valence-corrected chi connectivity index (χ2v) is 3.88. The molecule has 1 heterocycles. The Bertz CT molecular complexity index is 389. The molecular formula is C13H14O3. The maximum atomic E-state index is 11.2. The second kappa shape index (κ2) is 4.94. The van der Waals surface area contributed by atoms with E-state index in [1.807, 2.05) is 36.4 Å². The molecule has 0 aliphatic carbocycles. The maximum absolute atomic E-state index is 11.2. The Morgan fingerprint density at radius 3 is 2.69 bits per heavy atom. The molecule has 0 radical (unpaired) electrons. The predicted octanol–water partition coefficient (Wildman–Crippen LogP) is 2.19. The number of benzene rings is 1. The fraction of sp³-hybridized carbons (Fsp3) is 0.308. The lowest BCUT2D eigenvalue weighted by molar-refractivity contribution is -0.130. The molecule has 1 atom stereocenters. The van der Waals surface area contributed by atoms with E-state index in [0.29, 0.717) is 12.2 Å². The van der Waals surface area contributed by atoms with E-state index in [2.05, 4.69) is 0 Å². The summed E-state index contributed by atoms with van der Waals surface area (Å²) in [6.07, 6.45) is 2.72. The monoisotopic (exact) mass is 218 g/mol. The van der Waals surface area contributed by atoms with Crippen LogP contribution in [0.5, 0.6) is 0 Å². The van der Waals surface area contributed by atoms with Crippen molar-refractivity contribution in [2.24, 2.45) is 5.92 Å². The van der Waals surface area contributed by atoms with Gasteiger partial charge in [-0.05, 0) is 12.0 Å². The molecular weight excluding hydrogens is 204 g/mol. The van der Waals surface area contributed by atoms with E-state index >= 15 is 0 Å². The number of carboxylic acid groups (broad SMARTS) is 1. The molecule has 1 aliphatic rings. The van der Waals surface area contributed by atoms with Gasteiger partial charge in [0.1, 0.15) is 0 Å². The zero-order valence-corrected chi connectivity index (χ0v) is 8.93. The predicted molar refractivity (Wildman–Crippen MR) is 61.0 cm³/mol. The highest BCUT2D eigenvalue weighted by molar-refractivity contribution is 6.15. The lowest BCUT2D eigenvalue weighted by Crippen LogP contribution is -2.04. The Labute approximate surface area is 94.4 Å². The average Bonchev–Trinajstić information content (AvgIpc) is 2.79. The lowest BCUT2D eigenvalue weighted by atomic mass is 9.99. The van der Waals surface area contributed by atoms with Crippen LogP contribution in [0.3, 0.4) is 0 Å². The highest BCUT2D eigenvalue weighted by atomic mass is 16.5. The van der Waals surface area contributed by atoms with Gasteiger partial charge in [0, 0.05) is 12.5 Å². The van der Waals surface area contributed by atoms with Crippen LogP contribution in [0.15, 0.2) is 36.4 Å². The van der Waals surface area contributed by atoms with Crippen LogP contribution in [0.25, 0.3) is 5.57 Å². The number of carboxylic acids is 1. The Balaban J connectivity index is 2.26. The van der Waals surface area contributed by atoms with Gasteiger partial charge in [-0.25, -0.2) is 4.79 Å². The van der Waals surface area contributed by atoms with Gasteiger partial charge < -0.3 is 9.84 Å². The van der Waals surface area contributed by atoms with E-state index in [0.717, 1.165) is 18.6 Å². The molecule has 2 rings (SSSR count). The second-order valence-electron chi connectivity index (χ2n) is 3.88. The van der Waals surface area contributed by atoms with Gasteiger partial charge in [-0.3, -0.25) is 0 Å². The molecule has 1 aliphatic heterocycles. The molecule has 84 valence electrons. The summed E-state index contributed by atoms with van der Waals surface area (Å²) in [4.78, 5) is 11.2. The first-order valence-electron chi connectivity index (χ1n) is 5.35. The van der Waals surface area contributed by atoms with E-state index in [-0.39, 0.29) is 5.92 Å². The number of carbonyl (C=O) groups is 1. The minimum Gasteiger partial charge on any atom is -0.478 e. The highest BCUT2D eigenvalue weighted by Gasteiger charge is 2.17. The molecule has 1 N–H and O–H groups in total. The Morgan fingerprint density at radius 1 is 1.38 bits per heavy atom. The van der Waals surface area contributed by atoms with Crippen LogP contribution in [-0.2, 0) is 9.53 Å². The van der Waals surface area contributed by atoms with E-state index in [4.69, 9.17) is 4.74 Å². The normalized spacial score (nSPS) is 21.0. The van der Waals surface area contributed by atoms with Gasteiger partial charge >= 0.3 is 5.97 Å². The standard InChI is InChI=1S/C13H14O3/c14-13(15)12(8-10-6-7-16-9-10)11-4-2-1-3-5-11/h1-5,8,10H,6-7,9H2,(H,14,15)/b12-8+. The summed E-state index contributed by atoms with van der Waals surface area (Å²) < 4.78 is 5.24. The molecule has 0 amide bonds. The minimum absolute atomic E-state index is 0.228. The third kappa shape index (κ3) is 2.49. The number of rotatable bonds is 3. The Morgan fingerprint density at radius 2 is 2.12 bits per heavy atom. The topological polar surface area (TPSA) is 46.5 Å². The van der Waals surface area contributed by atoms with Crippen LogP contribution in [0, 0.1) is 5.92 Å². The van der Waals surface area contributed by atoms with Crippen molar-refractivity contribution in [3.63, 3.8) is 0 Å². The van der Waals surface area contributed by atoms with E-state index in [1.165, 1.54) is 0 Å². The van der Waals surface area contributed by atoms with Gasteiger partial charge in [-0.15, -0.1) is 0 Å². The smallest absolute Gasteiger partial charge is 0.335 e. The molecule has 3 heteroatoms. The van der Waals surface area contributed by atoms with Crippen LogP contribution < -0.4 is 0 Å². The van der Waals surface area contributed by atoms with Crippen molar-refractivity contribution in [3.8, 4) is 0 Å². The molecule has 3 nitrogen and oxygen atoms in total. The minimum atomic E-state index is -0.877. The number of ether oxygens (including phenoxy) is 1. The molecule has 1 saturated heterocycles. The summed E-state index contributed by atoms with van der Waals surface area (Å²) in [5.74, 6) is -0.649. The lowest BCUT2D eigenvalue weighted by Gasteiger charge is -2.05. The fourth-order valence-electron chi connectivity index (χ4n) is 1.83. The first-order valence-corrected chi connectivity index (χ1v) is 5.35. The quantitative estimate of drug-likeness (QED) is 0.791. The molecule has 1 aromatic rings. The molecule has 16 heavy (non-hydrogen) atoms. The Kier molecular flexibility index (Phi) is 3.37. The van der Waals surface area contributed by atoms with Crippen molar-refractivity contribution in [1.82, 2.24) is 0 Å². The molecule has 0 saturated carbocycles. The van der Waals surface area contributed by atoms with Crippen molar-refractivity contribution in [2.75, 3.05) is 13.2 Å². The van der Waals surface area contributed by atoms with Gasteiger partial charge in [0.2, 0.25) is 0 Å². The summed E-state index contributed by atoms with van der Waals surface area (Å²) in [5, 5.41) is 9.18. The van der Waals surface area contributed by atoms with Crippen molar-refractivity contribution >= 4 is 11.5 Å². The summed E-state index contributed by atoms with van der Waals surface area (Å²) in [6, 6.07) is 9.20. The van der Waals surface area contributed by atoms with E-state index < -0.39 is 5.97 Å². The van der Waals surface area contributed by atoms with Crippen LogP contribution in [0.2, 0.25) is 0 Å². The first kappa shape index (κ1) is 10.9. The highest BCUT2D eigenvalue weighted by Crippen LogP contribution is 2.21. The summed E-state index contributed by atoms with van der Waals surface area (Å²) >= 11 is 0. The number of aliphatic carboxylic acids is 1. The number of hydrogen-bond acceptors (Lipinski definition) is 2. The van der Waals surface area contributed by atoms with Crippen molar-refractivity contribution in [2.45, 2.75) is 6.42 Å². The van der Waals surface area contributed by atoms with Gasteiger partial charge in [0.05, 0.1) is 12.2 Å². The van der Waals surface area contributed by atoms with Crippen molar-refractivity contribution < 1.29 is 14.6 Å². The van der Waals surface area contributed by atoms with Crippen LogP contribution >= 0.6 is 0 Å². The molecule has 0 aromatic heterocycles. The van der Waals surface area contributed by atoms with Gasteiger partial charge in [-0.1, -0.05) is 36.4 Å². The van der Waals surface area contributed by atoms with E-state index in [1.54, 1.807) is 0 Å². The van der Waals surface area contributed by atoms with E-state index in [9.17, 15) is 9.90 Å². The fourth-order valence-corrected chi connectivity index (χ4v) is 1.83. The summed E-state index contributed by atoms with van der Waals surface area (Å²) in [5.41, 5.74) is 1.12. The molecule has 1 unspecified atom stereocenters. The van der Waals surface area contributed by atoms with Gasteiger partial charge in [0.15, 0.2) is 0 Å². The van der Waals surface area contributed by atoms with Crippen molar-refractivity contribution in [3.05, 3.63) is 42.0 Å². The van der Waals surface area contributed by atoms with Crippen LogP contribution in [0.1, 0.15) is 12.0 Å². The van der Waals surface area contributed by atoms with Gasteiger partial charge in [0.25, 0.3) is 0 Å². The molecule has 0 spiro atoms. The third-order valence-corrected chi connectivity index (χ3v) is 2.68. The zero-order valence-electron chi connectivity index (χ0n) is 8.93. The van der Waals surface area contributed by atoms with Gasteiger partial charge in [-0.2, -0.15) is 0 Å². The Hall–Kier alpha value is -1.61. The zero-order chi connectivity index (χ0) is 11.4. The maximum Gasteiger partial charge on any atom is 0.335 e. The average molecular weight is 218 g/mol. The van der Waals surface area contributed by atoms with Crippen LogP contribution in [0.4, 0.5) is 0 Å². The molecule has 1 aromatic carbocycles. The summed E-state index contributed by atoms with van der Waals surface area (Å²) in [6.45, 7) is 1.35. The largest absolute Gasteiger partial charge is 0.478 e. The summed E-state index contributed by atoms with van der Waals surface area (Å²) in [7, 11) is 0. The molecule has 0 bridgehead atoms. The van der Waals surface area contributed by atoms with Crippen LogP contribution in [-0.4, -0.2) is 24.3 Å². The number of hydrogen-bond donors (Lipinski definition) is 1. The first-order chi connectivity index (χ1) is 7.77.